The standard InChI is InChI=1S/C18H27NO2.C9H10FNO/c1-13(2)21-18(20)16-8-9-17(14(3)12-16)15(4)19-10-6-5-7-11-19;1-6-5-7(9(12)11-2)3-4-8(6)10/h8-9,12-13,15H,5-7,10-11H2,1-4H3;3-5H,1-2H3,(H,11,12). The van der Waals surface area contributed by atoms with E-state index in [0.717, 1.165) is 0 Å². The minimum Gasteiger partial charge on any atom is -0.459 e. The van der Waals surface area contributed by atoms with Gasteiger partial charge in [0, 0.05) is 18.7 Å². The van der Waals surface area contributed by atoms with Crippen molar-refractivity contribution >= 4 is 11.9 Å². The molecule has 1 aliphatic heterocycles. The van der Waals surface area contributed by atoms with Gasteiger partial charge in [-0.25, -0.2) is 9.18 Å². The van der Waals surface area contributed by atoms with Crippen molar-refractivity contribution in [2.24, 2.45) is 0 Å². The SMILES string of the molecule is CNC(=O)c1ccc(F)c(C)c1.Cc1cc(C(=O)OC(C)C)ccc1C(C)N1CCCCC1. The van der Waals surface area contributed by atoms with Crippen molar-refractivity contribution in [3.63, 3.8) is 0 Å². The van der Waals surface area contributed by atoms with Gasteiger partial charge in [0.1, 0.15) is 5.82 Å². The van der Waals surface area contributed by atoms with Crippen LogP contribution in [-0.2, 0) is 4.74 Å². The first-order valence-electron chi connectivity index (χ1n) is 11.7. The summed E-state index contributed by atoms with van der Waals surface area (Å²) >= 11 is 0. The topological polar surface area (TPSA) is 58.6 Å². The highest BCUT2D eigenvalue weighted by atomic mass is 19.1. The minimum atomic E-state index is -0.289. The second kappa shape index (κ2) is 12.5. The molecule has 2 aromatic carbocycles. The fourth-order valence-corrected chi connectivity index (χ4v) is 3.99. The minimum absolute atomic E-state index is 0.0789. The fraction of sp³-hybridized carbons (Fsp3) is 0.481. The summed E-state index contributed by atoms with van der Waals surface area (Å²) in [5, 5.41) is 2.47. The number of hydrogen-bond donors (Lipinski definition) is 1. The number of carbonyl (C=O) groups is 2. The van der Waals surface area contributed by atoms with Crippen LogP contribution in [0.1, 0.15) is 83.5 Å². The second-order valence-corrected chi connectivity index (χ2v) is 8.84. The molecule has 1 amide bonds. The first kappa shape index (κ1) is 26.5. The molecular formula is C27H37FN2O3. The monoisotopic (exact) mass is 456 g/mol. The van der Waals surface area contributed by atoms with E-state index in [1.165, 1.54) is 61.7 Å². The van der Waals surface area contributed by atoms with E-state index in [-0.39, 0.29) is 23.8 Å². The molecule has 1 atom stereocenters. The van der Waals surface area contributed by atoms with Crippen LogP contribution in [0.4, 0.5) is 4.39 Å². The Morgan fingerprint density at radius 2 is 1.55 bits per heavy atom. The van der Waals surface area contributed by atoms with Gasteiger partial charge in [-0.15, -0.1) is 0 Å². The number of carbonyl (C=O) groups excluding carboxylic acids is 2. The van der Waals surface area contributed by atoms with E-state index < -0.39 is 0 Å². The molecule has 180 valence electrons. The Bertz CT molecular complexity index is 952. The molecule has 1 saturated heterocycles. The molecule has 0 radical (unpaired) electrons. The van der Waals surface area contributed by atoms with Crippen molar-refractivity contribution in [2.75, 3.05) is 20.1 Å². The van der Waals surface area contributed by atoms with Crippen LogP contribution in [0.15, 0.2) is 36.4 Å². The van der Waals surface area contributed by atoms with Gasteiger partial charge in [0.25, 0.3) is 5.91 Å². The molecule has 0 spiro atoms. The lowest BCUT2D eigenvalue weighted by atomic mass is 9.97. The number of aryl methyl sites for hydroxylation is 2. The van der Waals surface area contributed by atoms with Crippen molar-refractivity contribution in [3.8, 4) is 0 Å². The van der Waals surface area contributed by atoms with Crippen LogP contribution in [0.5, 0.6) is 0 Å². The van der Waals surface area contributed by atoms with E-state index in [1.807, 2.05) is 26.0 Å². The molecule has 0 bridgehead atoms. The Labute approximate surface area is 197 Å². The summed E-state index contributed by atoms with van der Waals surface area (Å²) in [6.45, 7) is 12.1. The third-order valence-electron chi connectivity index (χ3n) is 5.88. The highest BCUT2D eigenvalue weighted by Gasteiger charge is 2.20. The maximum Gasteiger partial charge on any atom is 0.338 e. The fourth-order valence-electron chi connectivity index (χ4n) is 3.99. The quantitative estimate of drug-likeness (QED) is 0.595. The van der Waals surface area contributed by atoms with Crippen molar-refractivity contribution < 1.29 is 18.7 Å². The summed E-state index contributed by atoms with van der Waals surface area (Å²) in [5.74, 6) is -0.717. The lowest BCUT2D eigenvalue weighted by molar-refractivity contribution is 0.0377. The molecule has 1 N–H and O–H groups in total. The Morgan fingerprint density at radius 3 is 2.09 bits per heavy atom. The van der Waals surface area contributed by atoms with E-state index in [9.17, 15) is 14.0 Å². The average Bonchev–Trinajstić information content (AvgIpc) is 2.80. The third-order valence-corrected chi connectivity index (χ3v) is 5.88. The second-order valence-electron chi connectivity index (χ2n) is 8.84. The van der Waals surface area contributed by atoms with Crippen molar-refractivity contribution in [1.29, 1.82) is 0 Å². The lowest BCUT2D eigenvalue weighted by Crippen LogP contribution is -2.32. The number of hydrogen-bond acceptors (Lipinski definition) is 4. The molecule has 1 fully saturated rings. The number of likely N-dealkylation sites (tertiary alicyclic amines) is 1. The van der Waals surface area contributed by atoms with Crippen molar-refractivity contribution in [1.82, 2.24) is 10.2 Å². The van der Waals surface area contributed by atoms with Gasteiger partial charge in [-0.2, -0.15) is 0 Å². The number of rotatable bonds is 5. The largest absolute Gasteiger partial charge is 0.459 e. The van der Waals surface area contributed by atoms with E-state index in [4.69, 9.17) is 4.74 Å². The molecule has 1 aliphatic rings. The van der Waals surface area contributed by atoms with Crippen LogP contribution in [-0.4, -0.2) is 43.0 Å². The zero-order valence-electron chi connectivity index (χ0n) is 20.7. The van der Waals surface area contributed by atoms with Crippen molar-refractivity contribution in [3.05, 3.63) is 70.0 Å². The third kappa shape index (κ3) is 7.67. The highest BCUT2D eigenvalue weighted by Crippen LogP contribution is 2.27. The molecule has 2 aromatic rings. The molecule has 1 heterocycles. The van der Waals surface area contributed by atoms with Gasteiger partial charge in [-0.3, -0.25) is 9.69 Å². The number of amides is 1. The number of benzene rings is 2. The van der Waals surface area contributed by atoms with Crippen LogP contribution in [0.3, 0.4) is 0 Å². The summed E-state index contributed by atoms with van der Waals surface area (Å²) in [6.07, 6.45) is 3.86. The van der Waals surface area contributed by atoms with Crippen LogP contribution >= 0.6 is 0 Å². The molecule has 33 heavy (non-hydrogen) atoms. The van der Waals surface area contributed by atoms with Gasteiger partial charge >= 0.3 is 5.97 Å². The molecule has 0 aromatic heterocycles. The van der Waals surface area contributed by atoms with Crippen LogP contribution in [0.2, 0.25) is 0 Å². The normalized spacial score (nSPS) is 14.8. The first-order valence-corrected chi connectivity index (χ1v) is 11.7. The van der Waals surface area contributed by atoms with E-state index in [0.29, 0.717) is 22.7 Å². The molecular weight excluding hydrogens is 419 g/mol. The summed E-state index contributed by atoms with van der Waals surface area (Å²) in [5.41, 5.74) is 4.10. The summed E-state index contributed by atoms with van der Waals surface area (Å²) in [7, 11) is 1.54. The van der Waals surface area contributed by atoms with E-state index >= 15 is 0 Å². The number of nitrogens with one attached hydrogen (secondary N) is 1. The Morgan fingerprint density at radius 1 is 0.939 bits per heavy atom. The molecule has 5 nitrogen and oxygen atoms in total. The Hall–Kier alpha value is -2.73. The van der Waals surface area contributed by atoms with Crippen molar-refractivity contribution in [2.45, 2.75) is 66.0 Å². The van der Waals surface area contributed by atoms with E-state index in [2.05, 4.69) is 30.1 Å². The number of nitrogens with zero attached hydrogens (tertiary/aromatic N) is 1. The maximum absolute atomic E-state index is 12.7. The van der Waals surface area contributed by atoms with Crippen LogP contribution in [0.25, 0.3) is 0 Å². The predicted molar refractivity (Wildman–Crippen MR) is 130 cm³/mol. The highest BCUT2D eigenvalue weighted by molar-refractivity contribution is 5.94. The number of piperidine rings is 1. The summed E-state index contributed by atoms with van der Waals surface area (Å²) in [4.78, 5) is 25.5. The van der Waals surface area contributed by atoms with E-state index in [1.54, 1.807) is 14.0 Å². The average molecular weight is 457 g/mol. The molecule has 3 rings (SSSR count). The molecule has 0 aliphatic carbocycles. The van der Waals surface area contributed by atoms with Gasteiger partial charge in [0.2, 0.25) is 0 Å². The summed E-state index contributed by atoms with van der Waals surface area (Å²) in [6, 6.07) is 10.6. The molecule has 0 saturated carbocycles. The zero-order valence-corrected chi connectivity index (χ0v) is 20.7. The lowest BCUT2D eigenvalue weighted by Gasteiger charge is -2.33. The summed E-state index contributed by atoms with van der Waals surface area (Å²) < 4.78 is 18.0. The Balaban J connectivity index is 0.000000273. The van der Waals surface area contributed by atoms with Gasteiger partial charge in [-0.1, -0.05) is 12.5 Å². The number of halogens is 1. The smallest absolute Gasteiger partial charge is 0.338 e. The van der Waals surface area contributed by atoms with Gasteiger partial charge in [0.15, 0.2) is 0 Å². The maximum atomic E-state index is 12.7. The van der Waals surface area contributed by atoms with Crippen LogP contribution < -0.4 is 5.32 Å². The number of esters is 1. The molecule has 6 heteroatoms. The number of ether oxygens (including phenoxy) is 1. The predicted octanol–water partition coefficient (Wildman–Crippen LogP) is 5.60. The van der Waals surface area contributed by atoms with Gasteiger partial charge in [0.05, 0.1) is 11.7 Å². The van der Waals surface area contributed by atoms with Gasteiger partial charge < -0.3 is 10.1 Å². The molecule has 1 unspecified atom stereocenters. The van der Waals surface area contributed by atoms with Gasteiger partial charge in [-0.05, 0) is 108 Å². The van der Waals surface area contributed by atoms with Crippen LogP contribution in [0, 0.1) is 19.7 Å². The first-order chi connectivity index (χ1) is 15.6. The Kier molecular flexibility index (Phi) is 10.0. The zero-order chi connectivity index (χ0) is 24.5.